The van der Waals surface area contributed by atoms with Crippen LogP contribution in [-0.2, 0) is 6.42 Å². The summed E-state index contributed by atoms with van der Waals surface area (Å²) in [5.74, 6) is 2.23. The summed E-state index contributed by atoms with van der Waals surface area (Å²) >= 11 is 0. The second kappa shape index (κ2) is 9.52. The second-order valence-electron chi connectivity index (χ2n) is 7.71. The lowest BCUT2D eigenvalue weighted by Gasteiger charge is -2.10. The third kappa shape index (κ3) is 5.54. The number of urea groups is 1. The van der Waals surface area contributed by atoms with Crippen LogP contribution in [0.25, 0.3) is 5.82 Å². The first-order valence-electron chi connectivity index (χ1n) is 10.7. The van der Waals surface area contributed by atoms with Crippen LogP contribution in [0.15, 0.2) is 60.7 Å². The number of nitrogens with one attached hydrogen (secondary N) is 2. The molecule has 0 aliphatic heterocycles. The van der Waals surface area contributed by atoms with Crippen molar-refractivity contribution in [1.29, 1.82) is 0 Å². The number of ether oxygens (including phenoxy) is 1. The van der Waals surface area contributed by atoms with E-state index in [0.29, 0.717) is 29.0 Å². The van der Waals surface area contributed by atoms with Crippen LogP contribution in [0.3, 0.4) is 0 Å². The molecule has 168 valence electrons. The van der Waals surface area contributed by atoms with Crippen molar-refractivity contribution >= 4 is 17.4 Å². The molecule has 0 saturated heterocycles. The summed E-state index contributed by atoms with van der Waals surface area (Å²) in [7, 11) is 0. The lowest BCUT2D eigenvalue weighted by atomic mass is 10.1. The molecule has 8 heteroatoms. The van der Waals surface area contributed by atoms with Gasteiger partial charge < -0.3 is 15.4 Å². The van der Waals surface area contributed by atoms with Crippen molar-refractivity contribution in [3.63, 3.8) is 0 Å². The Morgan fingerprint density at radius 1 is 0.909 bits per heavy atom. The summed E-state index contributed by atoms with van der Waals surface area (Å²) in [4.78, 5) is 21.1. The van der Waals surface area contributed by atoms with Gasteiger partial charge in [0, 0.05) is 23.1 Å². The molecule has 0 atom stereocenters. The van der Waals surface area contributed by atoms with E-state index in [0.717, 1.165) is 23.5 Å². The predicted octanol–water partition coefficient (Wildman–Crippen LogP) is 5.59. The molecule has 2 amide bonds. The zero-order chi connectivity index (χ0) is 23.4. The number of hydrogen-bond acceptors (Lipinski definition) is 5. The van der Waals surface area contributed by atoms with Crippen molar-refractivity contribution in [2.45, 2.75) is 34.1 Å². The van der Waals surface area contributed by atoms with E-state index in [2.05, 4.69) is 32.6 Å². The number of carbonyl (C=O) groups excluding carboxylic acids is 1. The van der Waals surface area contributed by atoms with E-state index < -0.39 is 0 Å². The van der Waals surface area contributed by atoms with Crippen LogP contribution in [0.1, 0.15) is 29.7 Å². The molecule has 4 rings (SSSR count). The molecule has 0 saturated carbocycles. The largest absolute Gasteiger partial charge is 0.439 e. The van der Waals surface area contributed by atoms with Crippen molar-refractivity contribution in [2.75, 3.05) is 10.6 Å². The van der Waals surface area contributed by atoms with Gasteiger partial charge in [0.1, 0.15) is 11.6 Å². The van der Waals surface area contributed by atoms with Crippen LogP contribution in [-0.4, -0.2) is 25.8 Å². The summed E-state index contributed by atoms with van der Waals surface area (Å²) in [6, 6.07) is 18.3. The Bertz CT molecular complexity index is 1260. The normalized spacial score (nSPS) is 10.7. The third-order valence-corrected chi connectivity index (χ3v) is 4.98. The Morgan fingerprint density at radius 3 is 2.12 bits per heavy atom. The van der Waals surface area contributed by atoms with Crippen LogP contribution in [0.4, 0.5) is 16.2 Å². The highest BCUT2D eigenvalue weighted by atomic mass is 16.5. The topological polar surface area (TPSA) is 94.0 Å². The Kier molecular flexibility index (Phi) is 6.35. The summed E-state index contributed by atoms with van der Waals surface area (Å²) in [6.07, 6.45) is 0.958. The summed E-state index contributed by atoms with van der Waals surface area (Å²) in [5, 5.41) is 10.1. The minimum atomic E-state index is -0.311. The maximum Gasteiger partial charge on any atom is 0.323 e. The van der Waals surface area contributed by atoms with Crippen molar-refractivity contribution in [3.8, 4) is 17.4 Å². The van der Waals surface area contributed by atoms with Gasteiger partial charge in [0.05, 0.1) is 5.69 Å². The average molecular weight is 443 g/mol. The zero-order valence-electron chi connectivity index (χ0n) is 19.1. The van der Waals surface area contributed by atoms with Gasteiger partial charge in [0.2, 0.25) is 5.88 Å². The number of hydrogen-bond donors (Lipinski definition) is 2. The van der Waals surface area contributed by atoms with Crippen molar-refractivity contribution in [1.82, 2.24) is 19.7 Å². The second-order valence-corrected chi connectivity index (χ2v) is 7.71. The molecule has 33 heavy (non-hydrogen) atoms. The lowest BCUT2D eigenvalue weighted by molar-refractivity contribution is 0.262. The molecule has 0 spiro atoms. The maximum absolute atomic E-state index is 12.3. The quantitative estimate of drug-likeness (QED) is 0.406. The van der Waals surface area contributed by atoms with Gasteiger partial charge in [-0.1, -0.05) is 19.1 Å². The lowest BCUT2D eigenvalue weighted by Crippen LogP contribution is -2.19. The molecule has 2 N–H and O–H groups in total. The molecule has 0 aliphatic carbocycles. The number of anilines is 2. The van der Waals surface area contributed by atoms with Crippen molar-refractivity contribution in [3.05, 3.63) is 83.4 Å². The number of amides is 2. The van der Waals surface area contributed by atoms with Crippen LogP contribution in [0, 0.1) is 20.8 Å². The van der Waals surface area contributed by atoms with E-state index in [1.807, 2.05) is 51.1 Å². The average Bonchev–Trinajstić information content (AvgIpc) is 3.13. The van der Waals surface area contributed by atoms with E-state index in [1.165, 1.54) is 5.56 Å². The number of carbonyl (C=O) groups is 1. The van der Waals surface area contributed by atoms with Gasteiger partial charge in [-0.3, -0.25) is 0 Å². The number of nitrogens with zero attached hydrogens (tertiary/aromatic N) is 4. The molecule has 8 nitrogen and oxygen atoms in total. The fourth-order valence-electron chi connectivity index (χ4n) is 3.39. The minimum absolute atomic E-state index is 0.311. The minimum Gasteiger partial charge on any atom is -0.439 e. The fourth-order valence-corrected chi connectivity index (χ4v) is 3.39. The molecule has 2 aromatic heterocycles. The highest BCUT2D eigenvalue weighted by Gasteiger charge is 2.10. The van der Waals surface area contributed by atoms with E-state index in [1.54, 1.807) is 35.0 Å². The summed E-state index contributed by atoms with van der Waals surface area (Å²) in [5.41, 5.74) is 4.50. The fraction of sp³-hybridized carbons (Fsp3) is 0.200. The molecular formula is C25H26N6O2. The summed E-state index contributed by atoms with van der Waals surface area (Å²) < 4.78 is 7.69. The SMILES string of the molecule is CCc1ccc(NC(=O)Nc2ccc(Oc3cc(-n4nc(C)cc4C)nc(C)n3)cc2)cc1. The van der Waals surface area contributed by atoms with E-state index in [9.17, 15) is 4.79 Å². The van der Waals surface area contributed by atoms with Gasteiger partial charge in [0.25, 0.3) is 0 Å². The molecule has 0 fully saturated rings. The number of aromatic nitrogens is 4. The number of rotatable bonds is 6. The highest BCUT2D eigenvalue weighted by molar-refractivity contribution is 5.99. The third-order valence-electron chi connectivity index (χ3n) is 4.98. The Hall–Kier alpha value is -4.20. The maximum atomic E-state index is 12.3. The predicted molar refractivity (Wildman–Crippen MR) is 128 cm³/mol. The van der Waals surface area contributed by atoms with Crippen LogP contribution >= 0.6 is 0 Å². The van der Waals surface area contributed by atoms with Crippen LogP contribution in [0.2, 0.25) is 0 Å². The van der Waals surface area contributed by atoms with Crippen molar-refractivity contribution in [2.24, 2.45) is 0 Å². The van der Waals surface area contributed by atoms with Crippen LogP contribution in [0.5, 0.6) is 11.6 Å². The highest BCUT2D eigenvalue weighted by Crippen LogP contribution is 2.24. The molecule has 0 radical (unpaired) electrons. The van der Waals surface area contributed by atoms with Gasteiger partial charge >= 0.3 is 6.03 Å². The molecular weight excluding hydrogens is 416 g/mol. The Labute approximate surface area is 192 Å². The number of aryl methyl sites for hydroxylation is 4. The standard InChI is InChI=1S/C25H26N6O2/c1-5-19-6-8-20(9-7-19)28-25(32)29-21-10-12-22(13-11-21)33-24-15-23(26-18(4)27-24)31-17(3)14-16(2)30-31/h6-15H,5H2,1-4H3,(H2,28,29,32). The van der Waals surface area contributed by atoms with Gasteiger partial charge in [-0.2, -0.15) is 10.1 Å². The molecule has 0 aliphatic rings. The Balaban J connectivity index is 1.41. The number of benzene rings is 2. The molecule has 2 aromatic carbocycles. The van der Waals surface area contributed by atoms with Gasteiger partial charge in [-0.05, 0) is 75.2 Å². The molecule has 0 bridgehead atoms. The summed E-state index contributed by atoms with van der Waals surface area (Å²) in [6.45, 7) is 7.81. The zero-order valence-corrected chi connectivity index (χ0v) is 19.1. The Morgan fingerprint density at radius 2 is 1.55 bits per heavy atom. The van der Waals surface area contributed by atoms with Gasteiger partial charge in [0.15, 0.2) is 5.82 Å². The first-order valence-corrected chi connectivity index (χ1v) is 10.7. The molecule has 0 unspecified atom stereocenters. The van der Waals surface area contributed by atoms with E-state index in [-0.39, 0.29) is 6.03 Å². The first kappa shape index (κ1) is 22.0. The van der Waals surface area contributed by atoms with Crippen molar-refractivity contribution < 1.29 is 9.53 Å². The molecule has 2 heterocycles. The monoisotopic (exact) mass is 442 g/mol. The van der Waals surface area contributed by atoms with Gasteiger partial charge in [-0.25, -0.2) is 14.5 Å². The van der Waals surface area contributed by atoms with Gasteiger partial charge in [-0.15, -0.1) is 0 Å². The molecule has 4 aromatic rings. The smallest absolute Gasteiger partial charge is 0.323 e. The van der Waals surface area contributed by atoms with E-state index in [4.69, 9.17) is 4.74 Å². The van der Waals surface area contributed by atoms with Crippen LogP contribution < -0.4 is 15.4 Å². The first-order chi connectivity index (χ1) is 15.9. The van der Waals surface area contributed by atoms with E-state index >= 15 is 0 Å².